The average molecular weight is 310 g/mol. The fourth-order valence-corrected chi connectivity index (χ4v) is 2.07. The average Bonchev–Trinajstić information content (AvgIpc) is 2.81. The van der Waals surface area contributed by atoms with Crippen LogP contribution in [-0.4, -0.2) is 15.6 Å². The number of hydrogen-bond donors (Lipinski definition) is 1. The SMILES string of the molecule is Cc1cccc(C)c1NC(=O)n1ccnc1C=C(Cl)Cl. The van der Waals surface area contributed by atoms with Crippen LogP contribution in [-0.2, 0) is 0 Å². The van der Waals surface area contributed by atoms with Crippen LogP contribution in [0.2, 0.25) is 0 Å². The van der Waals surface area contributed by atoms with Gasteiger partial charge in [0.05, 0.1) is 0 Å². The summed E-state index contributed by atoms with van der Waals surface area (Å²) in [7, 11) is 0. The molecule has 1 N–H and O–H groups in total. The van der Waals surface area contributed by atoms with Crippen LogP contribution in [0.15, 0.2) is 35.1 Å². The molecule has 2 aromatic rings. The molecular formula is C14H13Cl2N3O. The molecule has 20 heavy (non-hydrogen) atoms. The van der Waals surface area contributed by atoms with E-state index in [1.165, 1.54) is 16.8 Å². The number of hydrogen-bond acceptors (Lipinski definition) is 2. The molecule has 1 aromatic heterocycles. The molecule has 104 valence electrons. The lowest BCUT2D eigenvalue weighted by molar-refractivity contribution is 0.253. The first-order valence-corrected chi connectivity index (χ1v) is 6.68. The van der Waals surface area contributed by atoms with E-state index in [0.29, 0.717) is 5.82 Å². The Balaban J connectivity index is 2.30. The molecule has 0 saturated carbocycles. The van der Waals surface area contributed by atoms with Crippen LogP contribution in [0.25, 0.3) is 6.08 Å². The second-order valence-corrected chi connectivity index (χ2v) is 5.29. The van der Waals surface area contributed by atoms with Gasteiger partial charge in [-0.1, -0.05) is 41.4 Å². The predicted octanol–water partition coefficient (Wildman–Crippen LogP) is 4.36. The standard InChI is InChI=1S/C14H13Cl2N3O/c1-9-4-3-5-10(2)13(9)18-14(20)19-7-6-17-12(19)8-11(15)16/h3-8H,1-2H3,(H,18,20). The zero-order valence-corrected chi connectivity index (χ0v) is 12.5. The van der Waals surface area contributed by atoms with E-state index in [-0.39, 0.29) is 10.5 Å². The van der Waals surface area contributed by atoms with Crippen LogP contribution in [0.5, 0.6) is 0 Å². The summed E-state index contributed by atoms with van der Waals surface area (Å²) < 4.78 is 1.38. The van der Waals surface area contributed by atoms with Gasteiger partial charge in [0.25, 0.3) is 0 Å². The van der Waals surface area contributed by atoms with Crippen molar-refractivity contribution in [2.45, 2.75) is 13.8 Å². The molecule has 0 saturated heterocycles. The van der Waals surface area contributed by atoms with E-state index >= 15 is 0 Å². The van der Waals surface area contributed by atoms with Crippen LogP contribution in [0.3, 0.4) is 0 Å². The molecular weight excluding hydrogens is 297 g/mol. The van der Waals surface area contributed by atoms with Gasteiger partial charge in [0.2, 0.25) is 0 Å². The minimum absolute atomic E-state index is 0.0392. The van der Waals surface area contributed by atoms with E-state index in [4.69, 9.17) is 23.2 Å². The van der Waals surface area contributed by atoms with Crippen molar-refractivity contribution in [2.24, 2.45) is 0 Å². The van der Waals surface area contributed by atoms with E-state index in [1.54, 1.807) is 6.20 Å². The minimum atomic E-state index is -0.319. The Morgan fingerprint density at radius 3 is 2.55 bits per heavy atom. The van der Waals surface area contributed by atoms with E-state index in [2.05, 4.69) is 10.3 Å². The van der Waals surface area contributed by atoms with Gasteiger partial charge in [0.1, 0.15) is 10.3 Å². The number of aryl methyl sites for hydroxylation is 2. The van der Waals surface area contributed by atoms with Gasteiger partial charge in [-0.25, -0.2) is 9.78 Å². The molecule has 0 aliphatic rings. The molecule has 0 aliphatic heterocycles. The summed E-state index contributed by atoms with van der Waals surface area (Å²) in [6.45, 7) is 3.87. The first-order valence-electron chi connectivity index (χ1n) is 5.92. The number of nitrogens with one attached hydrogen (secondary N) is 1. The second-order valence-electron chi connectivity index (χ2n) is 4.29. The maximum Gasteiger partial charge on any atom is 0.331 e. The van der Waals surface area contributed by atoms with E-state index in [9.17, 15) is 4.79 Å². The highest BCUT2D eigenvalue weighted by atomic mass is 35.5. The lowest BCUT2D eigenvalue weighted by Crippen LogP contribution is -2.21. The van der Waals surface area contributed by atoms with Gasteiger partial charge in [-0.15, -0.1) is 0 Å². The highest BCUT2D eigenvalue weighted by molar-refractivity contribution is 6.57. The van der Waals surface area contributed by atoms with Crippen molar-refractivity contribution in [1.29, 1.82) is 0 Å². The number of carbonyl (C=O) groups excluding carboxylic acids is 1. The van der Waals surface area contributed by atoms with Gasteiger partial charge in [0.15, 0.2) is 0 Å². The Labute approximate surface area is 127 Å². The summed E-state index contributed by atoms with van der Waals surface area (Å²) in [4.78, 5) is 16.3. The van der Waals surface area contributed by atoms with Crippen LogP contribution in [0, 0.1) is 13.8 Å². The summed E-state index contributed by atoms with van der Waals surface area (Å²) in [5.74, 6) is 0.369. The quantitative estimate of drug-likeness (QED) is 0.896. The lowest BCUT2D eigenvalue weighted by atomic mass is 10.1. The molecule has 0 fully saturated rings. The number of benzene rings is 1. The van der Waals surface area contributed by atoms with Crippen molar-refractivity contribution in [3.05, 3.63) is 52.0 Å². The molecule has 6 heteroatoms. The van der Waals surface area contributed by atoms with Crippen molar-refractivity contribution in [3.8, 4) is 0 Å². The van der Waals surface area contributed by atoms with Crippen molar-refractivity contribution in [1.82, 2.24) is 9.55 Å². The number of aromatic nitrogens is 2. The molecule has 1 aromatic carbocycles. The number of anilines is 1. The largest absolute Gasteiger partial charge is 0.331 e. The zero-order chi connectivity index (χ0) is 14.7. The summed E-state index contributed by atoms with van der Waals surface area (Å²) in [5, 5.41) is 2.86. The molecule has 4 nitrogen and oxygen atoms in total. The molecule has 1 heterocycles. The monoisotopic (exact) mass is 309 g/mol. The van der Waals surface area contributed by atoms with Gasteiger partial charge >= 0.3 is 6.03 Å². The highest BCUT2D eigenvalue weighted by Gasteiger charge is 2.12. The Morgan fingerprint density at radius 1 is 1.30 bits per heavy atom. The van der Waals surface area contributed by atoms with Gasteiger partial charge in [-0.05, 0) is 25.0 Å². The smallest absolute Gasteiger partial charge is 0.307 e. The van der Waals surface area contributed by atoms with Gasteiger partial charge in [0, 0.05) is 24.2 Å². The van der Waals surface area contributed by atoms with Crippen LogP contribution < -0.4 is 5.32 Å². The second kappa shape index (κ2) is 6.11. The third-order valence-electron chi connectivity index (χ3n) is 2.84. The molecule has 0 spiro atoms. The van der Waals surface area contributed by atoms with Crippen molar-refractivity contribution >= 4 is 41.0 Å². The first kappa shape index (κ1) is 14.6. The molecule has 0 radical (unpaired) electrons. The third-order valence-corrected chi connectivity index (χ3v) is 3.06. The van der Waals surface area contributed by atoms with Gasteiger partial charge in [-0.2, -0.15) is 0 Å². The third kappa shape index (κ3) is 3.21. The highest BCUT2D eigenvalue weighted by Crippen LogP contribution is 2.20. The molecule has 1 amide bonds. The predicted molar refractivity (Wildman–Crippen MR) is 82.2 cm³/mol. The maximum absolute atomic E-state index is 12.3. The number of imidazole rings is 1. The first-order chi connectivity index (χ1) is 9.49. The summed E-state index contributed by atoms with van der Waals surface area (Å²) in [6.07, 6.45) is 4.46. The van der Waals surface area contributed by atoms with Crippen LogP contribution >= 0.6 is 23.2 Å². The zero-order valence-electron chi connectivity index (χ0n) is 11.0. The molecule has 0 atom stereocenters. The number of halogens is 2. The minimum Gasteiger partial charge on any atom is -0.307 e. The molecule has 0 unspecified atom stereocenters. The van der Waals surface area contributed by atoms with Crippen molar-refractivity contribution in [3.63, 3.8) is 0 Å². The number of nitrogens with zero attached hydrogens (tertiary/aromatic N) is 2. The number of rotatable bonds is 2. The molecule has 0 bridgehead atoms. The Hall–Kier alpha value is -1.78. The lowest BCUT2D eigenvalue weighted by Gasteiger charge is -2.12. The van der Waals surface area contributed by atoms with E-state index in [0.717, 1.165) is 16.8 Å². The maximum atomic E-state index is 12.3. The summed E-state index contributed by atoms with van der Waals surface area (Å²) >= 11 is 11.2. The summed E-state index contributed by atoms with van der Waals surface area (Å²) in [6, 6.07) is 5.50. The molecule has 2 rings (SSSR count). The van der Waals surface area contributed by atoms with E-state index < -0.39 is 0 Å². The van der Waals surface area contributed by atoms with Gasteiger partial charge in [-0.3, -0.25) is 4.57 Å². The van der Waals surface area contributed by atoms with Crippen LogP contribution in [0.1, 0.15) is 17.0 Å². The summed E-state index contributed by atoms with van der Waals surface area (Å²) in [5.41, 5.74) is 2.77. The molecule has 0 aliphatic carbocycles. The fourth-order valence-electron chi connectivity index (χ4n) is 1.87. The van der Waals surface area contributed by atoms with Crippen molar-refractivity contribution < 1.29 is 4.79 Å². The van der Waals surface area contributed by atoms with Crippen molar-refractivity contribution in [2.75, 3.05) is 5.32 Å². The van der Waals surface area contributed by atoms with E-state index in [1.807, 2.05) is 32.0 Å². The number of para-hydroxylation sites is 1. The van der Waals surface area contributed by atoms with Gasteiger partial charge < -0.3 is 5.32 Å². The normalized spacial score (nSPS) is 10.2. The Morgan fingerprint density at radius 2 is 1.95 bits per heavy atom. The number of amides is 1. The topological polar surface area (TPSA) is 46.9 Å². The number of carbonyl (C=O) groups is 1. The Kier molecular flexibility index (Phi) is 4.47. The Bertz CT molecular complexity index is 653. The fraction of sp³-hybridized carbons (Fsp3) is 0.143. The van der Waals surface area contributed by atoms with Crippen LogP contribution in [0.4, 0.5) is 10.5 Å².